The van der Waals surface area contributed by atoms with Crippen LogP contribution in [0.1, 0.15) is 5.69 Å². The zero-order valence-corrected chi connectivity index (χ0v) is 27.7. The zero-order valence-electron chi connectivity index (χ0n) is 24.8. The summed E-state index contributed by atoms with van der Waals surface area (Å²) >= 11 is -1.98. The Morgan fingerprint density at radius 1 is 0.467 bits per heavy atom. The van der Waals surface area contributed by atoms with Crippen LogP contribution in [-0.4, -0.2) is 28.2 Å². The first kappa shape index (κ1) is 27.6. The van der Waals surface area contributed by atoms with Crippen LogP contribution in [0.25, 0.3) is 42.8 Å². The normalized spacial score (nSPS) is 11.7. The fourth-order valence-electron chi connectivity index (χ4n) is 6.45. The van der Waals surface area contributed by atoms with E-state index in [0.29, 0.717) is 0 Å². The van der Waals surface area contributed by atoms with Crippen molar-refractivity contribution in [2.45, 2.75) is 6.92 Å². The van der Waals surface area contributed by atoms with Crippen LogP contribution in [0.15, 0.2) is 158 Å². The Hall–Kier alpha value is -4.91. The van der Waals surface area contributed by atoms with Gasteiger partial charge in [0.15, 0.2) is 0 Å². The van der Waals surface area contributed by atoms with Gasteiger partial charge in [-0.2, -0.15) is 0 Å². The number of aromatic nitrogens is 3. The SMILES string of the molecule is Cc1ccc2c(n1)sc1c(-c3ccc[c]([Ge]([c]4ccccc4)([c]4ccccc4)[c]4cccc(-c5ccccc5)n4)n3)cccc12. The first-order valence-electron chi connectivity index (χ1n) is 15.1. The van der Waals surface area contributed by atoms with Gasteiger partial charge in [0.1, 0.15) is 0 Å². The van der Waals surface area contributed by atoms with Crippen LogP contribution in [0.4, 0.5) is 0 Å². The monoisotopic (exact) mass is 657 g/mol. The molecule has 0 spiro atoms. The molecule has 3 nitrogen and oxygen atoms in total. The molecule has 0 fully saturated rings. The minimum atomic E-state index is -3.74. The van der Waals surface area contributed by atoms with Crippen LogP contribution in [0.3, 0.4) is 0 Å². The molecule has 0 saturated carbocycles. The second-order valence-corrected chi connectivity index (χ2v) is 20.0. The quantitative estimate of drug-likeness (QED) is 0.177. The Bertz CT molecular complexity index is 2240. The number of aryl methyl sites for hydroxylation is 1. The molecule has 8 aromatic rings. The average molecular weight is 656 g/mol. The summed E-state index contributed by atoms with van der Waals surface area (Å²) in [4.78, 5) is 17.0. The van der Waals surface area contributed by atoms with Gasteiger partial charge in [-0.25, -0.2) is 0 Å². The first-order valence-corrected chi connectivity index (χ1v) is 20.1. The van der Waals surface area contributed by atoms with E-state index < -0.39 is 13.3 Å². The van der Waals surface area contributed by atoms with E-state index in [2.05, 4.69) is 159 Å². The molecule has 0 saturated heterocycles. The second kappa shape index (κ2) is 11.5. The van der Waals surface area contributed by atoms with Gasteiger partial charge < -0.3 is 0 Å². The molecule has 0 amide bonds. The molecule has 4 aromatic carbocycles. The number of hydrogen-bond acceptors (Lipinski definition) is 4. The van der Waals surface area contributed by atoms with Crippen molar-refractivity contribution in [3.05, 3.63) is 163 Å². The molecule has 0 aliphatic heterocycles. The third-order valence-electron chi connectivity index (χ3n) is 8.53. The fourth-order valence-corrected chi connectivity index (χ4v) is 17.0. The molecular formula is C40H29GeN3S. The van der Waals surface area contributed by atoms with Gasteiger partial charge in [0.05, 0.1) is 0 Å². The van der Waals surface area contributed by atoms with E-state index in [1.54, 1.807) is 11.3 Å². The maximum absolute atomic E-state index is 5.61. The number of hydrogen-bond donors (Lipinski definition) is 0. The molecule has 0 unspecified atom stereocenters. The van der Waals surface area contributed by atoms with Crippen LogP contribution < -0.4 is 17.8 Å². The molecule has 4 aromatic heterocycles. The van der Waals surface area contributed by atoms with Gasteiger partial charge in [-0.15, -0.1) is 0 Å². The summed E-state index contributed by atoms with van der Waals surface area (Å²) in [5.74, 6) is 0. The molecule has 0 aliphatic rings. The molecule has 5 heteroatoms. The predicted octanol–water partition coefficient (Wildman–Crippen LogP) is 7.26. The molecule has 0 bridgehead atoms. The van der Waals surface area contributed by atoms with Crippen molar-refractivity contribution in [1.82, 2.24) is 15.0 Å². The number of rotatable bonds is 6. The molecule has 0 atom stereocenters. The average Bonchev–Trinajstić information content (AvgIpc) is 3.48. The van der Waals surface area contributed by atoms with Crippen LogP contribution in [0, 0.1) is 6.92 Å². The maximum atomic E-state index is 5.61. The predicted molar refractivity (Wildman–Crippen MR) is 192 cm³/mol. The molecule has 0 aliphatic carbocycles. The van der Waals surface area contributed by atoms with Crippen molar-refractivity contribution in [2.75, 3.05) is 0 Å². The van der Waals surface area contributed by atoms with Crippen molar-refractivity contribution in [3.8, 4) is 22.5 Å². The minimum absolute atomic E-state index is 0.974. The second-order valence-electron chi connectivity index (χ2n) is 11.3. The van der Waals surface area contributed by atoms with E-state index in [1.807, 2.05) is 6.07 Å². The molecule has 214 valence electrons. The third-order valence-corrected chi connectivity index (χ3v) is 19.1. The van der Waals surface area contributed by atoms with Gasteiger partial charge in [-0.3, -0.25) is 0 Å². The molecule has 8 rings (SSSR count). The number of thiophene rings is 1. The van der Waals surface area contributed by atoms with Gasteiger partial charge in [0, 0.05) is 0 Å². The van der Waals surface area contributed by atoms with Gasteiger partial charge in [-0.1, -0.05) is 0 Å². The van der Waals surface area contributed by atoms with Crippen molar-refractivity contribution < 1.29 is 0 Å². The van der Waals surface area contributed by atoms with Crippen molar-refractivity contribution >= 4 is 62.8 Å². The Balaban J connectivity index is 1.41. The van der Waals surface area contributed by atoms with Crippen molar-refractivity contribution in [3.63, 3.8) is 0 Å². The Morgan fingerprint density at radius 3 is 1.71 bits per heavy atom. The van der Waals surface area contributed by atoms with Gasteiger partial charge in [-0.05, 0) is 0 Å². The fraction of sp³-hybridized carbons (Fsp3) is 0.0250. The van der Waals surface area contributed by atoms with Crippen LogP contribution in [0.2, 0.25) is 0 Å². The third kappa shape index (κ3) is 4.78. The van der Waals surface area contributed by atoms with Crippen molar-refractivity contribution in [2.24, 2.45) is 0 Å². The first-order chi connectivity index (χ1) is 22.2. The van der Waals surface area contributed by atoms with Gasteiger partial charge >= 0.3 is 271 Å². The Labute approximate surface area is 269 Å². The summed E-state index contributed by atoms with van der Waals surface area (Å²) in [7, 11) is 0. The summed E-state index contributed by atoms with van der Waals surface area (Å²) < 4.78 is 6.03. The molecule has 4 heterocycles. The van der Waals surface area contributed by atoms with E-state index >= 15 is 0 Å². The van der Waals surface area contributed by atoms with Crippen LogP contribution in [-0.2, 0) is 0 Å². The van der Waals surface area contributed by atoms with Gasteiger partial charge in [0.25, 0.3) is 0 Å². The standard InChI is InChI=1S/C40H29GeN3S/c1-28-26-27-33-32-20-11-21-34(39(32)45-40(33)42-28)36-23-13-25-38(44-36)41(30-16-7-3-8-17-30,31-18-9-4-10-19-31)37-24-12-22-35(43-37)29-14-5-2-6-15-29/h2-27H,1H3. The van der Waals surface area contributed by atoms with E-state index in [4.69, 9.17) is 15.0 Å². The summed E-state index contributed by atoms with van der Waals surface area (Å²) in [5.41, 5.74) is 5.23. The molecule has 45 heavy (non-hydrogen) atoms. The van der Waals surface area contributed by atoms with Crippen molar-refractivity contribution in [1.29, 1.82) is 0 Å². The number of benzene rings is 4. The number of fused-ring (bicyclic) bond motifs is 3. The summed E-state index contributed by atoms with van der Waals surface area (Å²) in [6.07, 6.45) is 0. The molecule has 0 N–H and O–H groups in total. The van der Waals surface area contributed by atoms with E-state index in [-0.39, 0.29) is 0 Å². The topological polar surface area (TPSA) is 38.7 Å². The van der Waals surface area contributed by atoms with E-state index in [0.717, 1.165) is 42.1 Å². The number of nitrogens with zero attached hydrogens (tertiary/aromatic N) is 3. The van der Waals surface area contributed by atoms with E-state index in [9.17, 15) is 0 Å². The van der Waals surface area contributed by atoms with Crippen LogP contribution in [0.5, 0.6) is 0 Å². The Morgan fingerprint density at radius 2 is 1.04 bits per heavy atom. The van der Waals surface area contributed by atoms with Crippen LogP contribution >= 0.6 is 11.3 Å². The summed E-state index contributed by atoms with van der Waals surface area (Å²) in [6.45, 7) is 2.05. The molecular weight excluding hydrogens is 627 g/mol. The summed E-state index contributed by atoms with van der Waals surface area (Å²) in [5, 5.41) is 2.42. The van der Waals surface area contributed by atoms with E-state index in [1.165, 1.54) is 24.3 Å². The van der Waals surface area contributed by atoms with Gasteiger partial charge in [0.2, 0.25) is 0 Å². The number of pyridine rings is 3. The molecule has 0 radical (unpaired) electrons. The Kier molecular flexibility index (Phi) is 7.09. The zero-order chi connectivity index (χ0) is 30.2. The summed E-state index contributed by atoms with van der Waals surface area (Å²) in [6, 6.07) is 56.2.